The van der Waals surface area contributed by atoms with Gasteiger partial charge in [0.15, 0.2) is 0 Å². The number of H-pyrrole nitrogens is 1. The van der Waals surface area contributed by atoms with Crippen molar-refractivity contribution in [1.82, 2.24) is 10.3 Å². The third-order valence-electron chi connectivity index (χ3n) is 4.12. The highest BCUT2D eigenvalue weighted by atomic mass is 35.5. The molecule has 3 rings (SSSR count). The van der Waals surface area contributed by atoms with E-state index < -0.39 is 5.82 Å². The second-order valence-electron chi connectivity index (χ2n) is 5.92. The van der Waals surface area contributed by atoms with Gasteiger partial charge < -0.3 is 10.3 Å². The number of aromatic amines is 1. The number of aromatic nitrogens is 1. The van der Waals surface area contributed by atoms with E-state index in [9.17, 15) is 9.18 Å². The Kier molecular flexibility index (Phi) is 4.86. The predicted octanol–water partition coefficient (Wildman–Crippen LogP) is 4.46. The molecule has 1 atom stereocenters. The first-order valence-corrected chi connectivity index (χ1v) is 8.19. The molecule has 124 valence electrons. The summed E-state index contributed by atoms with van der Waals surface area (Å²) >= 11 is 5.73. The minimum atomic E-state index is -0.410. The largest absolute Gasteiger partial charge is 0.361 e. The number of hydrogen-bond acceptors (Lipinski definition) is 1. The number of fused-ring (bicyclic) bond motifs is 1. The van der Waals surface area contributed by atoms with E-state index in [1.54, 1.807) is 12.1 Å². The Morgan fingerprint density at radius 2 is 2.04 bits per heavy atom. The first kappa shape index (κ1) is 16.5. The Labute approximate surface area is 144 Å². The maximum Gasteiger partial charge on any atom is 0.223 e. The first-order chi connectivity index (χ1) is 11.5. The van der Waals surface area contributed by atoms with Gasteiger partial charge in [-0.05, 0) is 30.2 Å². The van der Waals surface area contributed by atoms with E-state index in [0.29, 0.717) is 17.0 Å². The van der Waals surface area contributed by atoms with Crippen LogP contribution in [0.1, 0.15) is 18.1 Å². The van der Waals surface area contributed by atoms with Crippen LogP contribution < -0.4 is 5.32 Å². The fourth-order valence-electron chi connectivity index (χ4n) is 2.74. The van der Waals surface area contributed by atoms with Crippen LogP contribution in [0, 0.1) is 11.7 Å². The van der Waals surface area contributed by atoms with Crippen molar-refractivity contribution in [1.29, 1.82) is 0 Å². The number of amides is 1. The lowest BCUT2D eigenvalue weighted by molar-refractivity contribution is -0.124. The zero-order valence-corrected chi connectivity index (χ0v) is 14.0. The lowest BCUT2D eigenvalue weighted by atomic mass is 10.00. The average molecular weight is 345 g/mol. The topological polar surface area (TPSA) is 44.9 Å². The summed E-state index contributed by atoms with van der Waals surface area (Å²) in [5.41, 5.74) is 2.58. The van der Waals surface area contributed by atoms with Gasteiger partial charge in [-0.2, -0.15) is 0 Å². The summed E-state index contributed by atoms with van der Waals surface area (Å²) in [6, 6.07) is 12.4. The van der Waals surface area contributed by atoms with Gasteiger partial charge >= 0.3 is 0 Å². The summed E-state index contributed by atoms with van der Waals surface area (Å²) in [6.07, 6.45) is 2.56. The zero-order valence-electron chi connectivity index (χ0n) is 13.3. The molecular weight excluding hydrogens is 327 g/mol. The van der Waals surface area contributed by atoms with Crippen LogP contribution in [0.5, 0.6) is 0 Å². The van der Waals surface area contributed by atoms with Crippen molar-refractivity contribution in [3.05, 3.63) is 70.6 Å². The van der Waals surface area contributed by atoms with E-state index in [0.717, 1.165) is 16.5 Å². The van der Waals surface area contributed by atoms with Gasteiger partial charge in [-0.25, -0.2) is 4.39 Å². The summed E-state index contributed by atoms with van der Waals surface area (Å²) in [7, 11) is 0. The lowest BCUT2D eigenvalue weighted by Gasteiger charge is -2.12. The van der Waals surface area contributed by atoms with Crippen LogP contribution >= 0.6 is 11.6 Å². The minimum Gasteiger partial charge on any atom is -0.361 e. The molecule has 0 bridgehead atoms. The van der Waals surface area contributed by atoms with Crippen molar-refractivity contribution in [2.75, 3.05) is 0 Å². The van der Waals surface area contributed by atoms with Crippen molar-refractivity contribution >= 4 is 28.4 Å². The minimum absolute atomic E-state index is 0.102. The normalized spacial score (nSPS) is 12.3. The number of nitrogens with one attached hydrogen (secondary N) is 2. The molecule has 0 fully saturated rings. The van der Waals surface area contributed by atoms with Gasteiger partial charge in [0.1, 0.15) is 5.82 Å². The van der Waals surface area contributed by atoms with Crippen LogP contribution in [0.4, 0.5) is 4.39 Å². The standard InChI is InChI=1S/C19H18ClFN2O/c1-12(8-14-11-22-18-5-3-2-4-16(14)18)19(24)23-10-13-6-7-15(20)9-17(13)21/h2-7,9,11-12,22H,8,10H2,1H3,(H,23,24). The number of carbonyl (C=O) groups excluding carboxylic acids is 1. The molecule has 0 radical (unpaired) electrons. The molecule has 0 saturated heterocycles. The van der Waals surface area contributed by atoms with Crippen LogP contribution in [0.25, 0.3) is 10.9 Å². The van der Waals surface area contributed by atoms with Crippen molar-refractivity contribution in [2.24, 2.45) is 5.92 Å². The number of halogens is 2. The molecule has 0 spiro atoms. The summed E-state index contributed by atoms with van der Waals surface area (Å²) in [6.45, 7) is 2.02. The van der Waals surface area contributed by atoms with Gasteiger partial charge in [0.05, 0.1) is 0 Å². The number of carbonyl (C=O) groups is 1. The molecule has 0 aliphatic rings. The highest BCUT2D eigenvalue weighted by Crippen LogP contribution is 2.21. The van der Waals surface area contributed by atoms with Crippen molar-refractivity contribution in [3.8, 4) is 0 Å². The Morgan fingerprint density at radius 1 is 1.25 bits per heavy atom. The van der Waals surface area contributed by atoms with Crippen LogP contribution in [0.15, 0.2) is 48.7 Å². The van der Waals surface area contributed by atoms with Gasteiger partial charge in [-0.3, -0.25) is 4.79 Å². The smallest absolute Gasteiger partial charge is 0.223 e. The number of para-hydroxylation sites is 1. The zero-order chi connectivity index (χ0) is 17.1. The van der Waals surface area contributed by atoms with E-state index in [2.05, 4.69) is 10.3 Å². The van der Waals surface area contributed by atoms with E-state index in [4.69, 9.17) is 11.6 Å². The Morgan fingerprint density at radius 3 is 2.83 bits per heavy atom. The molecule has 5 heteroatoms. The molecule has 3 aromatic rings. The molecular formula is C19H18ClFN2O. The quantitative estimate of drug-likeness (QED) is 0.705. The highest BCUT2D eigenvalue weighted by Gasteiger charge is 2.16. The van der Waals surface area contributed by atoms with Gasteiger partial charge in [0.25, 0.3) is 0 Å². The van der Waals surface area contributed by atoms with Crippen LogP contribution in [-0.2, 0) is 17.8 Å². The van der Waals surface area contributed by atoms with Crippen molar-refractivity contribution < 1.29 is 9.18 Å². The molecule has 0 aliphatic heterocycles. The third kappa shape index (κ3) is 3.60. The van der Waals surface area contributed by atoms with Crippen molar-refractivity contribution in [2.45, 2.75) is 19.9 Å². The average Bonchev–Trinajstić information content (AvgIpc) is 2.97. The summed E-state index contributed by atoms with van der Waals surface area (Å²) in [4.78, 5) is 15.5. The Balaban J connectivity index is 1.62. The molecule has 0 saturated carbocycles. The number of benzene rings is 2. The van der Waals surface area contributed by atoms with E-state index in [1.807, 2.05) is 37.4 Å². The lowest BCUT2D eigenvalue weighted by Crippen LogP contribution is -2.30. The molecule has 3 nitrogen and oxygen atoms in total. The summed E-state index contributed by atoms with van der Waals surface area (Å²) in [5, 5.41) is 4.26. The number of rotatable bonds is 5. The summed E-state index contributed by atoms with van der Waals surface area (Å²) < 4.78 is 13.7. The second kappa shape index (κ2) is 7.05. The summed E-state index contributed by atoms with van der Waals surface area (Å²) in [5.74, 6) is -0.721. The van der Waals surface area contributed by atoms with Gasteiger partial charge in [-0.1, -0.05) is 42.8 Å². The maximum atomic E-state index is 13.7. The molecule has 24 heavy (non-hydrogen) atoms. The molecule has 1 unspecified atom stereocenters. The molecule has 0 aliphatic carbocycles. The van der Waals surface area contributed by atoms with E-state index in [1.165, 1.54) is 6.07 Å². The monoisotopic (exact) mass is 344 g/mol. The fraction of sp³-hybridized carbons (Fsp3) is 0.211. The molecule has 1 amide bonds. The first-order valence-electron chi connectivity index (χ1n) is 7.81. The number of hydrogen-bond donors (Lipinski definition) is 2. The van der Waals surface area contributed by atoms with Gasteiger partial charge in [0.2, 0.25) is 5.91 Å². The fourth-order valence-corrected chi connectivity index (χ4v) is 2.90. The Bertz CT molecular complexity index is 875. The van der Waals surface area contributed by atoms with E-state index in [-0.39, 0.29) is 18.4 Å². The van der Waals surface area contributed by atoms with Gasteiger partial charge in [-0.15, -0.1) is 0 Å². The highest BCUT2D eigenvalue weighted by molar-refractivity contribution is 6.30. The van der Waals surface area contributed by atoms with Crippen LogP contribution in [0.2, 0.25) is 5.02 Å². The maximum absolute atomic E-state index is 13.7. The van der Waals surface area contributed by atoms with Gasteiger partial charge in [0, 0.05) is 40.1 Å². The molecule has 2 aromatic carbocycles. The van der Waals surface area contributed by atoms with Crippen molar-refractivity contribution in [3.63, 3.8) is 0 Å². The third-order valence-corrected chi connectivity index (χ3v) is 4.35. The predicted molar refractivity (Wildman–Crippen MR) is 94.4 cm³/mol. The van der Waals surface area contributed by atoms with E-state index >= 15 is 0 Å². The molecule has 1 heterocycles. The molecule has 2 N–H and O–H groups in total. The molecule has 1 aromatic heterocycles. The van der Waals surface area contributed by atoms with Crippen LogP contribution in [-0.4, -0.2) is 10.9 Å². The Hall–Kier alpha value is -2.33. The SMILES string of the molecule is CC(Cc1c[nH]c2ccccc12)C(=O)NCc1ccc(Cl)cc1F. The van der Waals surface area contributed by atoms with Crippen LogP contribution in [0.3, 0.4) is 0 Å². The second-order valence-corrected chi connectivity index (χ2v) is 6.35.